The van der Waals surface area contributed by atoms with Gasteiger partial charge in [-0.1, -0.05) is 13.8 Å². The fraction of sp³-hybridized carbons (Fsp3) is 0.692. The lowest BCUT2D eigenvalue weighted by atomic mass is 10.1. The minimum atomic E-state index is -0.935. The molecule has 0 bridgehead atoms. The van der Waals surface area contributed by atoms with Crippen molar-refractivity contribution in [2.75, 3.05) is 11.4 Å². The van der Waals surface area contributed by atoms with Gasteiger partial charge in [-0.05, 0) is 13.8 Å². The molecule has 0 amide bonds. The van der Waals surface area contributed by atoms with Crippen molar-refractivity contribution in [1.29, 1.82) is 0 Å². The zero-order chi connectivity index (χ0) is 16.3. The van der Waals surface area contributed by atoms with Gasteiger partial charge in [0.2, 0.25) is 5.82 Å². The number of nitro groups is 1. The van der Waals surface area contributed by atoms with Crippen molar-refractivity contribution < 1.29 is 14.8 Å². The molecule has 8 heteroatoms. The number of hydrogen-bond acceptors (Lipinski definition) is 5. The summed E-state index contributed by atoms with van der Waals surface area (Å²) in [6, 6.07) is -0.360. The molecule has 118 valence electrons. The number of aromatic nitrogens is 2. The van der Waals surface area contributed by atoms with Crippen LogP contribution in [0.1, 0.15) is 45.7 Å². The maximum atomic E-state index is 11.4. The van der Waals surface area contributed by atoms with E-state index in [0.29, 0.717) is 18.1 Å². The first kappa shape index (κ1) is 16.9. The third kappa shape index (κ3) is 3.50. The quantitative estimate of drug-likeness (QED) is 0.611. The Hall–Kier alpha value is -2.12. The number of carbonyl (C=O) groups is 1. The van der Waals surface area contributed by atoms with Gasteiger partial charge >= 0.3 is 11.7 Å². The smallest absolute Gasteiger partial charge is 0.334 e. The maximum Gasteiger partial charge on any atom is 0.334 e. The summed E-state index contributed by atoms with van der Waals surface area (Å²) < 4.78 is 1.47. The molecule has 1 aromatic rings. The molecule has 1 rings (SSSR count). The van der Waals surface area contributed by atoms with Crippen LogP contribution in [-0.4, -0.2) is 38.4 Å². The molecule has 1 heterocycles. The summed E-state index contributed by atoms with van der Waals surface area (Å²) in [6.07, 6.45) is -0.0901. The molecule has 21 heavy (non-hydrogen) atoms. The predicted octanol–water partition coefficient (Wildman–Crippen LogP) is 2.14. The topological polar surface area (TPSA) is 101 Å². The highest BCUT2D eigenvalue weighted by atomic mass is 16.6. The van der Waals surface area contributed by atoms with Gasteiger partial charge in [0.1, 0.15) is 5.69 Å². The molecule has 0 aliphatic rings. The van der Waals surface area contributed by atoms with Crippen LogP contribution < -0.4 is 4.90 Å². The third-order valence-electron chi connectivity index (χ3n) is 3.36. The minimum absolute atomic E-state index is 0.0356. The second-order valence-electron chi connectivity index (χ2n) is 5.33. The molecule has 0 aromatic carbocycles. The van der Waals surface area contributed by atoms with E-state index < -0.39 is 10.9 Å². The summed E-state index contributed by atoms with van der Waals surface area (Å²) in [5, 5.41) is 24.6. The van der Waals surface area contributed by atoms with Gasteiger partial charge in [-0.3, -0.25) is 14.9 Å². The van der Waals surface area contributed by atoms with E-state index in [9.17, 15) is 14.9 Å². The molecular weight excluding hydrogens is 276 g/mol. The minimum Gasteiger partial charge on any atom is -0.481 e. The zero-order valence-corrected chi connectivity index (χ0v) is 13.0. The first-order valence-corrected chi connectivity index (χ1v) is 6.90. The van der Waals surface area contributed by atoms with E-state index in [1.165, 1.54) is 4.68 Å². The number of hydrogen-bond donors (Lipinski definition) is 1. The van der Waals surface area contributed by atoms with Crippen LogP contribution >= 0.6 is 0 Å². The van der Waals surface area contributed by atoms with E-state index in [0.717, 1.165) is 0 Å². The Balaban J connectivity index is 3.38. The second-order valence-corrected chi connectivity index (χ2v) is 5.33. The molecule has 0 fully saturated rings. The van der Waals surface area contributed by atoms with Crippen LogP contribution in [0.15, 0.2) is 0 Å². The number of rotatable bonds is 7. The summed E-state index contributed by atoms with van der Waals surface area (Å²) in [5.74, 6) is -0.659. The fourth-order valence-electron chi connectivity index (χ4n) is 2.44. The fourth-order valence-corrected chi connectivity index (χ4v) is 2.44. The van der Waals surface area contributed by atoms with E-state index in [1.54, 1.807) is 18.9 Å². The maximum absolute atomic E-state index is 11.4. The molecule has 0 aliphatic heterocycles. The van der Waals surface area contributed by atoms with Crippen molar-refractivity contribution in [2.24, 2.45) is 7.05 Å². The monoisotopic (exact) mass is 298 g/mol. The van der Waals surface area contributed by atoms with Crippen LogP contribution in [0.3, 0.4) is 0 Å². The number of carboxylic acid groups (broad SMARTS) is 1. The van der Waals surface area contributed by atoms with Crippen LogP contribution in [0, 0.1) is 10.1 Å². The molecule has 0 radical (unpaired) electrons. The Labute approximate surface area is 123 Å². The van der Waals surface area contributed by atoms with Gasteiger partial charge in [0.05, 0.1) is 11.3 Å². The molecule has 0 saturated heterocycles. The zero-order valence-electron chi connectivity index (χ0n) is 13.0. The van der Waals surface area contributed by atoms with Gasteiger partial charge in [0.15, 0.2) is 0 Å². The number of nitrogens with zero attached hydrogens (tertiary/aromatic N) is 4. The van der Waals surface area contributed by atoms with Crippen molar-refractivity contribution in [1.82, 2.24) is 9.78 Å². The molecular formula is C13H22N4O4. The highest BCUT2D eigenvalue weighted by molar-refractivity contribution is 5.69. The van der Waals surface area contributed by atoms with Crippen LogP contribution in [-0.2, 0) is 11.8 Å². The summed E-state index contributed by atoms with van der Waals surface area (Å²) in [4.78, 5) is 23.6. The van der Waals surface area contributed by atoms with Crippen molar-refractivity contribution in [3.8, 4) is 0 Å². The Morgan fingerprint density at radius 3 is 2.43 bits per heavy atom. The first-order chi connectivity index (χ1) is 9.70. The lowest BCUT2D eigenvalue weighted by Crippen LogP contribution is -2.36. The van der Waals surface area contributed by atoms with Crippen LogP contribution in [0.4, 0.5) is 11.5 Å². The molecule has 0 saturated carbocycles. The van der Waals surface area contributed by atoms with Crippen LogP contribution in [0.25, 0.3) is 0 Å². The van der Waals surface area contributed by atoms with E-state index in [-0.39, 0.29) is 24.1 Å². The summed E-state index contributed by atoms with van der Waals surface area (Å²) in [6.45, 7) is 7.73. The molecule has 1 N–H and O–H groups in total. The molecule has 0 spiro atoms. The average Bonchev–Trinajstić information content (AvgIpc) is 2.68. The second kappa shape index (κ2) is 6.55. The Kier molecular flexibility index (Phi) is 5.28. The summed E-state index contributed by atoms with van der Waals surface area (Å²) in [5.41, 5.74) is 0.380. The van der Waals surface area contributed by atoms with Gasteiger partial charge in [0, 0.05) is 25.6 Å². The van der Waals surface area contributed by atoms with Gasteiger partial charge in [-0.25, -0.2) is 4.68 Å². The predicted molar refractivity (Wildman–Crippen MR) is 78.7 cm³/mol. The molecule has 1 aromatic heterocycles. The highest BCUT2D eigenvalue weighted by Gasteiger charge is 2.33. The molecule has 8 nitrogen and oxygen atoms in total. The van der Waals surface area contributed by atoms with Gasteiger partial charge in [-0.2, -0.15) is 5.10 Å². The van der Waals surface area contributed by atoms with E-state index >= 15 is 0 Å². The lowest BCUT2D eigenvalue weighted by molar-refractivity contribution is -0.385. The largest absolute Gasteiger partial charge is 0.481 e. The lowest BCUT2D eigenvalue weighted by Gasteiger charge is -2.28. The van der Waals surface area contributed by atoms with Crippen LogP contribution in [0.2, 0.25) is 0 Å². The third-order valence-corrected chi connectivity index (χ3v) is 3.36. The van der Waals surface area contributed by atoms with Crippen molar-refractivity contribution in [2.45, 2.75) is 46.1 Å². The normalized spacial score (nSPS) is 12.5. The highest BCUT2D eigenvalue weighted by Crippen LogP contribution is 2.36. The van der Waals surface area contributed by atoms with Gasteiger partial charge in [-0.15, -0.1) is 0 Å². The number of aryl methyl sites for hydroxylation is 1. The van der Waals surface area contributed by atoms with Gasteiger partial charge < -0.3 is 10.0 Å². The van der Waals surface area contributed by atoms with E-state index in [1.807, 2.05) is 20.8 Å². The Morgan fingerprint density at radius 2 is 2.05 bits per heavy atom. The van der Waals surface area contributed by atoms with Crippen molar-refractivity contribution >= 4 is 17.5 Å². The summed E-state index contributed by atoms with van der Waals surface area (Å²) in [7, 11) is 1.64. The molecule has 0 aliphatic carbocycles. The van der Waals surface area contributed by atoms with Crippen LogP contribution in [0.5, 0.6) is 0 Å². The molecule has 1 unspecified atom stereocenters. The summed E-state index contributed by atoms with van der Waals surface area (Å²) >= 11 is 0. The van der Waals surface area contributed by atoms with E-state index in [2.05, 4.69) is 5.10 Å². The Morgan fingerprint density at radius 1 is 1.48 bits per heavy atom. The SMILES string of the molecule is CCN(c1c([N+](=O)[O-])c(C(C)C)nn1C)C(C)CC(=O)O. The first-order valence-electron chi connectivity index (χ1n) is 6.90. The van der Waals surface area contributed by atoms with E-state index in [4.69, 9.17) is 5.11 Å². The standard InChI is InChI=1S/C13H22N4O4/c1-6-16(9(4)7-10(18)19)13-12(17(20)21)11(8(2)3)14-15(13)5/h8-9H,6-7H2,1-5H3,(H,18,19). The van der Waals surface area contributed by atoms with Crippen molar-refractivity contribution in [3.63, 3.8) is 0 Å². The van der Waals surface area contributed by atoms with Gasteiger partial charge in [0.25, 0.3) is 0 Å². The Bertz CT molecular complexity index is 539. The number of aliphatic carboxylic acids is 1. The average molecular weight is 298 g/mol. The van der Waals surface area contributed by atoms with Crippen molar-refractivity contribution in [3.05, 3.63) is 15.8 Å². The number of carboxylic acids is 1. The molecule has 1 atom stereocenters. The number of anilines is 1.